The van der Waals surface area contributed by atoms with Gasteiger partial charge in [-0.2, -0.15) is 0 Å². The highest BCUT2D eigenvalue weighted by atomic mass is 16.5. The first-order valence-corrected chi connectivity index (χ1v) is 18.1. The minimum atomic E-state index is -0.660. The number of aromatic nitrogens is 4. The number of benzene rings is 3. The molecule has 12 heteroatoms. The van der Waals surface area contributed by atoms with Gasteiger partial charge in [-0.3, -0.25) is 9.59 Å². The number of hydrogen-bond donors (Lipinski definition) is 4. The van der Waals surface area contributed by atoms with Gasteiger partial charge >= 0.3 is 6.09 Å². The molecule has 3 aromatic carbocycles. The minimum Gasteiger partial charge on any atom is -0.453 e. The molecule has 0 radical (unpaired) electrons. The standard InChI is InChI=1S/C33H36N6O3.C4H10N2O.C3H8/c1-5-29-34-24-14-12-22(17-26(24)35-29)20-8-10-21(11-9-20)23-13-15-25-27(18-23)37-31(36-25)28-7-6-16-39(28)32(40)30(19(2)3)38-33(41)42-4;1-6(2)3-4(5)7;1-3-2/h8-15,17-19,28,30H,5-7,16H2,1-4H3,(H,34,35)(H,36,37)(H,38,41);3H2,1-2H3,(H2,5,7);3H2,1-2H3. The van der Waals surface area contributed by atoms with Gasteiger partial charge in [0.1, 0.15) is 17.7 Å². The van der Waals surface area contributed by atoms with Crippen LogP contribution >= 0.6 is 0 Å². The van der Waals surface area contributed by atoms with Crippen LogP contribution in [-0.2, 0) is 20.7 Å². The van der Waals surface area contributed by atoms with Crippen molar-refractivity contribution >= 4 is 40.0 Å². The van der Waals surface area contributed by atoms with E-state index in [1.54, 1.807) is 19.0 Å². The highest BCUT2D eigenvalue weighted by Crippen LogP contribution is 2.34. The summed E-state index contributed by atoms with van der Waals surface area (Å²) in [5.74, 6) is 1.29. The predicted octanol–water partition coefficient (Wildman–Crippen LogP) is 6.83. The number of fused-ring (bicyclic) bond motifs is 2. The number of primary amides is 1. The van der Waals surface area contributed by atoms with E-state index in [1.165, 1.54) is 13.5 Å². The number of methoxy groups -OCH3 is 1. The predicted molar refractivity (Wildman–Crippen MR) is 208 cm³/mol. The number of alkyl carbamates (subject to hydrolysis) is 1. The van der Waals surface area contributed by atoms with E-state index in [1.807, 2.05) is 24.8 Å². The van der Waals surface area contributed by atoms with Crippen LogP contribution in [0, 0.1) is 5.92 Å². The Bertz CT molecular complexity index is 1950. The normalized spacial score (nSPS) is 14.5. The minimum absolute atomic E-state index is 0.0789. The van der Waals surface area contributed by atoms with Gasteiger partial charge in [-0.1, -0.05) is 77.4 Å². The van der Waals surface area contributed by atoms with Gasteiger partial charge in [-0.25, -0.2) is 14.8 Å². The number of carbonyl (C=O) groups excluding carboxylic acids is 3. The van der Waals surface area contributed by atoms with Crippen LogP contribution in [0.15, 0.2) is 60.7 Å². The number of nitrogens with two attached hydrogens (primary N) is 1. The lowest BCUT2D eigenvalue weighted by molar-refractivity contribution is -0.135. The van der Waals surface area contributed by atoms with Gasteiger partial charge in [-0.05, 0) is 79.4 Å². The summed E-state index contributed by atoms with van der Waals surface area (Å²) in [4.78, 5) is 55.3. The van der Waals surface area contributed by atoms with Gasteiger partial charge in [0.2, 0.25) is 11.8 Å². The van der Waals surface area contributed by atoms with Crippen molar-refractivity contribution in [2.24, 2.45) is 11.7 Å². The number of aromatic amines is 2. The molecule has 2 unspecified atom stereocenters. The number of likely N-dealkylation sites (tertiary alicyclic amines) is 1. The monoisotopic (exact) mass is 710 g/mol. The van der Waals surface area contributed by atoms with E-state index < -0.39 is 12.1 Å². The van der Waals surface area contributed by atoms with Gasteiger partial charge in [0.25, 0.3) is 0 Å². The first kappa shape index (κ1) is 39.6. The molecule has 3 heterocycles. The highest BCUT2D eigenvalue weighted by Gasteiger charge is 2.37. The highest BCUT2D eigenvalue weighted by molar-refractivity contribution is 5.87. The maximum atomic E-state index is 13.5. The van der Waals surface area contributed by atoms with E-state index in [2.05, 4.69) is 95.6 Å². The maximum Gasteiger partial charge on any atom is 0.407 e. The fraction of sp³-hybridized carbons (Fsp3) is 0.425. The Morgan fingerprint density at radius 1 is 0.904 bits per heavy atom. The number of nitrogens with one attached hydrogen (secondary N) is 3. The van der Waals surface area contributed by atoms with Crippen LogP contribution in [0.5, 0.6) is 0 Å². The van der Waals surface area contributed by atoms with Gasteiger partial charge < -0.3 is 35.6 Å². The number of hydrogen-bond acceptors (Lipinski definition) is 7. The fourth-order valence-corrected chi connectivity index (χ4v) is 6.14. The van der Waals surface area contributed by atoms with Gasteiger partial charge in [-0.15, -0.1) is 0 Å². The zero-order valence-corrected chi connectivity index (χ0v) is 31.7. The molecule has 0 bridgehead atoms. The Labute approximate surface area is 306 Å². The number of aryl methyl sites for hydroxylation is 1. The first-order chi connectivity index (χ1) is 24.9. The van der Waals surface area contributed by atoms with Crippen molar-refractivity contribution in [2.75, 3.05) is 34.3 Å². The maximum absolute atomic E-state index is 13.5. The van der Waals surface area contributed by atoms with Crippen molar-refractivity contribution < 1.29 is 19.1 Å². The van der Waals surface area contributed by atoms with Gasteiger partial charge in [0.05, 0.1) is 41.8 Å². The summed E-state index contributed by atoms with van der Waals surface area (Å²) in [5.41, 5.74) is 13.1. The molecule has 0 spiro atoms. The fourth-order valence-electron chi connectivity index (χ4n) is 6.14. The molecule has 6 rings (SSSR count). The number of imidazole rings is 2. The third kappa shape index (κ3) is 9.97. The summed E-state index contributed by atoms with van der Waals surface area (Å²) in [5, 5.41) is 2.71. The molecule has 1 aliphatic rings. The van der Waals surface area contributed by atoms with Crippen LogP contribution in [0.3, 0.4) is 0 Å². The Morgan fingerprint density at radius 3 is 1.92 bits per heavy atom. The van der Waals surface area contributed by atoms with Crippen LogP contribution in [-0.4, -0.2) is 88.0 Å². The molecular formula is C40H54N8O4. The zero-order chi connectivity index (χ0) is 37.9. The molecule has 52 heavy (non-hydrogen) atoms. The van der Waals surface area contributed by atoms with E-state index in [9.17, 15) is 14.4 Å². The molecule has 3 amide bonds. The van der Waals surface area contributed by atoms with E-state index in [0.717, 1.165) is 75.2 Å². The van der Waals surface area contributed by atoms with Crippen LogP contribution < -0.4 is 11.1 Å². The Hall–Kier alpha value is -5.23. The van der Waals surface area contributed by atoms with Crippen LogP contribution in [0.2, 0.25) is 0 Å². The van der Waals surface area contributed by atoms with E-state index >= 15 is 0 Å². The summed E-state index contributed by atoms with van der Waals surface area (Å²) < 4.78 is 4.75. The molecular weight excluding hydrogens is 656 g/mol. The molecule has 1 aliphatic heterocycles. The molecule has 0 aliphatic carbocycles. The van der Waals surface area contributed by atoms with Crippen molar-refractivity contribution in [2.45, 2.75) is 72.4 Å². The lowest BCUT2D eigenvalue weighted by Crippen LogP contribution is -2.51. The molecule has 1 saturated heterocycles. The first-order valence-electron chi connectivity index (χ1n) is 18.1. The quantitative estimate of drug-likeness (QED) is 0.130. The number of H-pyrrole nitrogens is 2. The summed E-state index contributed by atoms with van der Waals surface area (Å²) in [6, 6.07) is 20.3. The van der Waals surface area contributed by atoms with Crippen molar-refractivity contribution in [3.05, 3.63) is 72.3 Å². The zero-order valence-electron chi connectivity index (χ0n) is 31.7. The number of carbonyl (C=O) groups is 3. The van der Waals surface area contributed by atoms with E-state index in [0.29, 0.717) is 13.1 Å². The third-order valence-corrected chi connectivity index (χ3v) is 8.63. The average molecular weight is 711 g/mol. The second-order valence-electron chi connectivity index (χ2n) is 13.7. The molecule has 5 N–H and O–H groups in total. The molecule has 5 aromatic rings. The second kappa shape index (κ2) is 18.3. The van der Waals surface area contributed by atoms with Crippen molar-refractivity contribution in [3.8, 4) is 22.3 Å². The van der Waals surface area contributed by atoms with Gasteiger partial charge in [0, 0.05) is 13.0 Å². The number of nitrogens with zero attached hydrogens (tertiary/aromatic N) is 4. The summed E-state index contributed by atoms with van der Waals surface area (Å²) >= 11 is 0. The average Bonchev–Trinajstić information content (AvgIpc) is 3.87. The summed E-state index contributed by atoms with van der Waals surface area (Å²) in [6.07, 6.45) is 3.21. The molecule has 2 atom stereocenters. The number of ether oxygens (including phenoxy) is 1. The molecule has 278 valence electrons. The molecule has 12 nitrogen and oxygen atoms in total. The Kier molecular flexibility index (Phi) is 13.9. The van der Waals surface area contributed by atoms with Crippen LogP contribution in [0.4, 0.5) is 4.79 Å². The number of amides is 3. The van der Waals surface area contributed by atoms with Crippen LogP contribution in [0.1, 0.15) is 71.6 Å². The second-order valence-corrected chi connectivity index (χ2v) is 13.7. The molecule has 1 fully saturated rings. The Morgan fingerprint density at radius 2 is 1.44 bits per heavy atom. The topological polar surface area (TPSA) is 162 Å². The largest absolute Gasteiger partial charge is 0.453 e. The van der Waals surface area contributed by atoms with Crippen LogP contribution in [0.25, 0.3) is 44.3 Å². The van der Waals surface area contributed by atoms with Gasteiger partial charge in [0.15, 0.2) is 0 Å². The third-order valence-electron chi connectivity index (χ3n) is 8.63. The van der Waals surface area contributed by atoms with Crippen molar-refractivity contribution in [1.82, 2.24) is 35.1 Å². The molecule has 0 saturated carbocycles. The summed E-state index contributed by atoms with van der Waals surface area (Å²) in [7, 11) is 4.89. The lowest BCUT2D eigenvalue weighted by Gasteiger charge is -2.29. The van der Waals surface area contributed by atoms with E-state index in [4.69, 9.17) is 15.5 Å². The lowest BCUT2D eigenvalue weighted by atomic mass is 10.00. The smallest absolute Gasteiger partial charge is 0.407 e. The van der Waals surface area contributed by atoms with Crippen molar-refractivity contribution in [3.63, 3.8) is 0 Å². The van der Waals surface area contributed by atoms with E-state index in [-0.39, 0.29) is 23.8 Å². The summed E-state index contributed by atoms with van der Waals surface area (Å²) in [6.45, 7) is 11.1. The number of rotatable bonds is 9. The number of likely N-dealkylation sites (N-methyl/N-ethyl adjacent to an activating group) is 1. The molecule has 2 aromatic heterocycles. The Balaban J connectivity index is 0.000000536. The SMILES string of the molecule is CCC.CCc1nc2ccc(-c3ccc(-c4ccc5nc(C6CCCN6C(=O)C(NC(=O)OC)C(C)C)[nH]c5c4)cc3)cc2[nH]1.CN(C)CC(N)=O. The van der Waals surface area contributed by atoms with Crippen molar-refractivity contribution in [1.29, 1.82) is 0 Å².